The highest BCUT2D eigenvalue weighted by Crippen LogP contribution is 2.15. The van der Waals surface area contributed by atoms with Gasteiger partial charge in [0.1, 0.15) is 0 Å². The Morgan fingerprint density at radius 3 is 1.44 bits per heavy atom. The summed E-state index contributed by atoms with van der Waals surface area (Å²) in [7, 11) is 0. The van der Waals surface area contributed by atoms with Crippen molar-refractivity contribution < 1.29 is 10.2 Å². The number of aliphatic hydroxyl groups excluding tert-OH is 2. The lowest BCUT2D eigenvalue weighted by molar-refractivity contribution is 0.251. The van der Waals surface area contributed by atoms with Crippen LogP contribution >= 0.6 is 0 Å². The topological polar surface area (TPSA) is 113 Å². The van der Waals surface area contributed by atoms with Gasteiger partial charge >= 0.3 is 0 Å². The first kappa shape index (κ1) is 16.5. The smallest absolute Gasteiger partial charge is 0.159 e. The van der Waals surface area contributed by atoms with Crippen LogP contribution in [0.25, 0.3) is 0 Å². The van der Waals surface area contributed by atoms with E-state index >= 15 is 0 Å². The molecular formula is C12H20N4O2. The fourth-order valence-electron chi connectivity index (χ4n) is 1.40. The van der Waals surface area contributed by atoms with Gasteiger partial charge in [-0.3, -0.25) is 0 Å². The van der Waals surface area contributed by atoms with Gasteiger partial charge < -0.3 is 10.2 Å². The molecule has 0 aromatic carbocycles. The van der Waals surface area contributed by atoms with Crippen LogP contribution in [0.5, 0.6) is 0 Å². The Morgan fingerprint density at radius 2 is 1.22 bits per heavy atom. The van der Waals surface area contributed by atoms with Crippen molar-refractivity contribution in [2.24, 2.45) is 22.1 Å². The summed E-state index contributed by atoms with van der Waals surface area (Å²) in [5.74, 6) is -0.201. The molecule has 0 bridgehead atoms. The largest absolute Gasteiger partial charge is 0.396 e. The molecule has 0 saturated heterocycles. The van der Waals surface area contributed by atoms with Crippen molar-refractivity contribution in [1.82, 2.24) is 0 Å². The van der Waals surface area contributed by atoms with E-state index in [0.717, 1.165) is 0 Å². The molecule has 2 N–H and O–H groups in total. The third-order valence-corrected chi connectivity index (χ3v) is 2.83. The molecule has 6 nitrogen and oxygen atoms in total. The fraction of sp³-hybridized carbons (Fsp3) is 0.833. The molecule has 0 radical (unpaired) electrons. The summed E-state index contributed by atoms with van der Waals surface area (Å²) in [5.41, 5.74) is 0. The van der Waals surface area contributed by atoms with Crippen LogP contribution in [0.2, 0.25) is 0 Å². The van der Waals surface area contributed by atoms with Gasteiger partial charge in [-0.05, 0) is 24.7 Å². The zero-order chi connectivity index (χ0) is 14.0. The molecule has 0 fully saturated rings. The minimum Gasteiger partial charge on any atom is -0.396 e. The van der Waals surface area contributed by atoms with E-state index in [1.807, 2.05) is 26.0 Å². The Morgan fingerprint density at radius 1 is 0.889 bits per heavy atom. The molecule has 0 rings (SSSR count). The van der Waals surface area contributed by atoms with E-state index in [9.17, 15) is 0 Å². The maximum absolute atomic E-state index is 8.94. The maximum atomic E-state index is 8.94. The number of hydrogen-bond donors (Lipinski definition) is 2. The summed E-state index contributed by atoms with van der Waals surface area (Å²) in [5, 5.41) is 43.3. The van der Waals surface area contributed by atoms with E-state index in [-0.39, 0.29) is 25.0 Å². The third kappa shape index (κ3) is 5.72. The van der Waals surface area contributed by atoms with Crippen LogP contribution in [0.3, 0.4) is 0 Å². The number of nitriles is 2. The summed E-state index contributed by atoms with van der Waals surface area (Å²) in [6, 6.07) is 2.73. The lowest BCUT2D eigenvalue weighted by atomic mass is 10.00. The van der Waals surface area contributed by atoms with E-state index in [0.29, 0.717) is 12.8 Å². The highest BCUT2D eigenvalue weighted by molar-refractivity contribution is 4.96. The average Bonchev–Trinajstić information content (AvgIpc) is 2.35. The van der Waals surface area contributed by atoms with E-state index in [4.69, 9.17) is 20.7 Å². The van der Waals surface area contributed by atoms with Gasteiger partial charge in [-0.15, -0.1) is 0 Å². The van der Waals surface area contributed by atoms with Crippen LogP contribution in [-0.4, -0.2) is 35.5 Å². The quantitative estimate of drug-likeness (QED) is 0.633. The Kier molecular flexibility index (Phi) is 8.73. The van der Waals surface area contributed by atoms with Gasteiger partial charge in [-0.1, -0.05) is 13.8 Å². The molecule has 0 aromatic rings. The number of nitrogens with zero attached hydrogens (tertiary/aromatic N) is 4. The maximum Gasteiger partial charge on any atom is 0.159 e. The molecular weight excluding hydrogens is 232 g/mol. The molecule has 100 valence electrons. The highest BCUT2D eigenvalue weighted by atomic mass is 16.3. The van der Waals surface area contributed by atoms with Gasteiger partial charge in [0.25, 0.3) is 0 Å². The highest BCUT2D eigenvalue weighted by Gasteiger charge is 2.19. The molecule has 0 spiro atoms. The lowest BCUT2D eigenvalue weighted by Gasteiger charge is -2.14. The standard InChI is InChI=1S/C12H20N4O2/c1-9(3-5-17)11(7-13)15-16-12(8-14)10(2)4-6-18/h9-12,17-18H,3-6H2,1-2H3. The van der Waals surface area contributed by atoms with Gasteiger partial charge in [0.2, 0.25) is 0 Å². The molecule has 18 heavy (non-hydrogen) atoms. The first-order valence-corrected chi connectivity index (χ1v) is 6.01. The van der Waals surface area contributed by atoms with Crippen LogP contribution in [0.1, 0.15) is 26.7 Å². The van der Waals surface area contributed by atoms with Gasteiger partial charge in [-0.25, -0.2) is 0 Å². The summed E-state index contributed by atoms with van der Waals surface area (Å²) in [6.07, 6.45) is 0.946. The van der Waals surface area contributed by atoms with E-state index in [1.54, 1.807) is 0 Å². The molecule has 0 saturated carbocycles. The molecule has 0 aromatic heterocycles. The Labute approximate surface area is 108 Å². The van der Waals surface area contributed by atoms with Crippen LogP contribution in [0.15, 0.2) is 10.2 Å². The molecule has 4 unspecified atom stereocenters. The Balaban J connectivity index is 4.57. The summed E-state index contributed by atoms with van der Waals surface area (Å²) in [6.45, 7) is 3.61. The Hall–Kier alpha value is -1.50. The molecule has 4 atom stereocenters. The van der Waals surface area contributed by atoms with Crippen LogP contribution in [0, 0.1) is 34.5 Å². The van der Waals surface area contributed by atoms with Gasteiger partial charge in [0, 0.05) is 13.2 Å². The summed E-state index contributed by atoms with van der Waals surface area (Å²) < 4.78 is 0. The molecule has 0 aliphatic rings. The number of aliphatic hydroxyl groups is 2. The monoisotopic (exact) mass is 252 g/mol. The van der Waals surface area contributed by atoms with Gasteiger partial charge in [0.05, 0.1) is 12.1 Å². The van der Waals surface area contributed by atoms with Crippen molar-refractivity contribution in [3.05, 3.63) is 0 Å². The Bertz CT molecular complexity index is 300. The second kappa shape index (κ2) is 9.52. The predicted octanol–water partition coefficient (Wildman–Crippen LogP) is 1.26. The van der Waals surface area contributed by atoms with Crippen LogP contribution in [-0.2, 0) is 0 Å². The van der Waals surface area contributed by atoms with Crippen LogP contribution < -0.4 is 0 Å². The summed E-state index contributed by atoms with van der Waals surface area (Å²) in [4.78, 5) is 0. The summed E-state index contributed by atoms with van der Waals surface area (Å²) >= 11 is 0. The molecule has 0 aliphatic heterocycles. The lowest BCUT2D eigenvalue weighted by Crippen LogP contribution is -2.18. The SMILES string of the molecule is CC(CCO)C(C#N)N=NC(C#N)C(C)CCO. The second-order valence-electron chi connectivity index (χ2n) is 4.36. The van der Waals surface area contributed by atoms with E-state index < -0.39 is 12.1 Å². The van der Waals surface area contributed by atoms with Crippen molar-refractivity contribution in [2.75, 3.05) is 13.2 Å². The molecule has 0 heterocycles. The van der Waals surface area contributed by atoms with Crippen molar-refractivity contribution >= 4 is 0 Å². The van der Waals surface area contributed by atoms with Crippen molar-refractivity contribution in [3.8, 4) is 12.1 Å². The normalized spacial score (nSPS) is 17.7. The predicted molar refractivity (Wildman–Crippen MR) is 65.4 cm³/mol. The molecule has 0 aliphatic carbocycles. The molecule has 6 heteroatoms. The zero-order valence-electron chi connectivity index (χ0n) is 10.8. The van der Waals surface area contributed by atoms with E-state index in [1.165, 1.54) is 0 Å². The second-order valence-corrected chi connectivity index (χ2v) is 4.36. The first-order chi connectivity index (χ1) is 8.60. The van der Waals surface area contributed by atoms with E-state index in [2.05, 4.69) is 10.2 Å². The third-order valence-electron chi connectivity index (χ3n) is 2.83. The zero-order valence-corrected chi connectivity index (χ0v) is 10.8. The van der Waals surface area contributed by atoms with Crippen molar-refractivity contribution in [2.45, 2.75) is 38.8 Å². The average molecular weight is 252 g/mol. The van der Waals surface area contributed by atoms with Crippen molar-refractivity contribution in [3.63, 3.8) is 0 Å². The van der Waals surface area contributed by atoms with Gasteiger partial charge in [0.15, 0.2) is 12.1 Å². The van der Waals surface area contributed by atoms with Crippen molar-refractivity contribution in [1.29, 1.82) is 10.5 Å². The fourth-order valence-corrected chi connectivity index (χ4v) is 1.40. The number of rotatable bonds is 8. The minimum absolute atomic E-state index is 0.00252. The first-order valence-electron chi connectivity index (χ1n) is 6.01. The van der Waals surface area contributed by atoms with Gasteiger partial charge in [-0.2, -0.15) is 20.8 Å². The number of hydrogen-bond acceptors (Lipinski definition) is 6. The molecule has 0 amide bonds. The van der Waals surface area contributed by atoms with Crippen LogP contribution in [0.4, 0.5) is 0 Å². The minimum atomic E-state index is -0.644. The number of azo groups is 1.